The summed E-state index contributed by atoms with van der Waals surface area (Å²) >= 11 is 0. The Balaban J connectivity index is 2.11. The molecule has 0 aliphatic carbocycles. The summed E-state index contributed by atoms with van der Waals surface area (Å²) in [5.74, 6) is 0.787. The van der Waals surface area contributed by atoms with Crippen LogP contribution >= 0.6 is 0 Å². The van der Waals surface area contributed by atoms with E-state index in [1.54, 1.807) is 0 Å². The van der Waals surface area contributed by atoms with Crippen molar-refractivity contribution >= 4 is 0 Å². The Kier molecular flexibility index (Phi) is 1.69. The number of likely N-dealkylation sites (tertiary alicyclic amines) is 1. The molecule has 1 heteroatoms. The molecule has 0 aromatic heterocycles. The molecule has 0 unspecified atom stereocenters. The van der Waals surface area contributed by atoms with Crippen LogP contribution in [0.4, 0.5) is 0 Å². The van der Waals surface area contributed by atoms with Crippen molar-refractivity contribution in [2.75, 3.05) is 19.6 Å². The third-order valence-corrected chi connectivity index (χ3v) is 1.77. The highest BCUT2D eigenvalue weighted by atomic mass is 15.2. The molecule has 1 saturated heterocycles. The van der Waals surface area contributed by atoms with Gasteiger partial charge in [0.2, 0.25) is 0 Å². The summed E-state index contributed by atoms with van der Waals surface area (Å²) < 4.78 is 0. The van der Waals surface area contributed by atoms with Crippen molar-refractivity contribution in [2.24, 2.45) is 5.92 Å². The number of rotatable bonds is 2. The molecule has 0 spiro atoms. The van der Waals surface area contributed by atoms with E-state index < -0.39 is 0 Å². The van der Waals surface area contributed by atoms with Crippen LogP contribution in [0.3, 0.4) is 0 Å². The average molecular weight is 111 g/mol. The number of hydrogen-bond acceptors (Lipinski definition) is 1. The Morgan fingerprint density at radius 1 is 1.75 bits per heavy atom. The molecule has 0 amide bonds. The van der Waals surface area contributed by atoms with Gasteiger partial charge in [0.05, 0.1) is 0 Å². The predicted octanol–water partition coefficient (Wildman–Crippen LogP) is 1.12. The molecule has 1 aliphatic heterocycles. The van der Waals surface area contributed by atoms with Crippen molar-refractivity contribution in [1.29, 1.82) is 0 Å². The van der Waals surface area contributed by atoms with Gasteiger partial charge in [-0.05, 0) is 6.54 Å². The lowest BCUT2D eigenvalue weighted by Crippen LogP contribution is -2.45. The third-order valence-electron chi connectivity index (χ3n) is 1.77. The average Bonchev–Trinajstić information content (AvgIpc) is 1.65. The SMILES string of the molecule is C=CC1CN(CC)C1. The van der Waals surface area contributed by atoms with E-state index in [2.05, 4.69) is 18.4 Å². The monoisotopic (exact) mass is 111 g/mol. The highest BCUT2D eigenvalue weighted by Gasteiger charge is 2.21. The molecule has 0 atom stereocenters. The van der Waals surface area contributed by atoms with E-state index >= 15 is 0 Å². The van der Waals surface area contributed by atoms with E-state index in [4.69, 9.17) is 0 Å². The predicted molar refractivity (Wildman–Crippen MR) is 35.8 cm³/mol. The van der Waals surface area contributed by atoms with Gasteiger partial charge in [-0.2, -0.15) is 0 Å². The Bertz CT molecular complexity index is 82.4. The lowest BCUT2D eigenvalue weighted by atomic mass is 10.0. The van der Waals surface area contributed by atoms with Crippen molar-refractivity contribution < 1.29 is 0 Å². The molecule has 0 N–H and O–H groups in total. The van der Waals surface area contributed by atoms with Gasteiger partial charge in [-0.1, -0.05) is 13.0 Å². The number of nitrogens with zero attached hydrogens (tertiary/aromatic N) is 1. The van der Waals surface area contributed by atoms with Crippen molar-refractivity contribution in [3.8, 4) is 0 Å². The van der Waals surface area contributed by atoms with Gasteiger partial charge < -0.3 is 4.90 Å². The van der Waals surface area contributed by atoms with Crippen LogP contribution in [-0.2, 0) is 0 Å². The molecule has 0 radical (unpaired) electrons. The first-order valence-electron chi connectivity index (χ1n) is 3.21. The first-order valence-corrected chi connectivity index (χ1v) is 3.21. The maximum Gasteiger partial charge on any atom is 0.00567 e. The summed E-state index contributed by atoms with van der Waals surface area (Å²) in [6.45, 7) is 9.59. The molecule has 1 heterocycles. The van der Waals surface area contributed by atoms with Gasteiger partial charge in [0.1, 0.15) is 0 Å². The zero-order chi connectivity index (χ0) is 5.98. The summed E-state index contributed by atoms with van der Waals surface area (Å²) in [5, 5.41) is 0. The van der Waals surface area contributed by atoms with Crippen molar-refractivity contribution in [2.45, 2.75) is 6.92 Å². The van der Waals surface area contributed by atoms with E-state index in [0.717, 1.165) is 5.92 Å². The Labute approximate surface area is 51.0 Å². The smallest absolute Gasteiger partial charge is 0.00567 e. The molecular formula is C7H13N. The van der Waals surface area contributed by atoms with E-state index in [9.17, 15) is 0 Å². The summed E-state index contributed by atoms with van der Waals surface area (Å²) in [7, 11) is 0. The van der Waals surface area contributed by atoms with Crippen molar-refractivity contribution in [3.63, 3.8) is 0 Å². The summed E-state index contributed by atoms with van der Waals surface area (Å²) in [6, 6.07) is 0. The molecule has 1 aliphatic rings. The Hall–Kier alpha value is -0.300. The molecule has 8 heavy (non-hydrogen) atoms. The fourth-order valence-corrected chi connectivity index (χ4v) is 1.02. The summed E-state index contributed by atoms with van der Waals surface area (Å²) in [5.41, 5.74) is 0. The topological polar surface area (TPSA) is 3.24 Å². The second-order valence-corrected chi connectivity index (χ2v) is 2.35. The maximum atomic E-state index is 3.72. The van der Waals surface area contributed by atoms with Gasteiger partial charge in [-0.3, -0.25) is 0 Å². The molecular weight excluding hydrogens is 98.1 g/mol. The highest BCUT2D eigenvalue weighted by Crippen LogP contribution is 2.14. The Morgan fingerprint density at radius 3 is 2.75 bits per heavy atom. The molecule has 1 fully saturated rings. The summed E-state index contributed by atoms with van der Waals surface area (Å²) in [6.07, 6.45) is 2.05. The van der Waals surface area contributed by atoms with E-state index in [1.165, 1.54) is 19.6 Å². The van der Waals surface area contributed by atoms with Crippen LogP contribution in [0, 0.1) is 5.92 Å². The molecule has 0 bridgehead atoms. The Morgan fingerprint density at radius 2 is 2.38 bits per heavy atom. The lowest BCUT2D eigenvalue weighted by molar-refractivity contribution is 0.139. The van der Waals surface area contributed by atoms with Crippen LogP contribution in [0.1, 0.15) is 6.92 Å². The third kappa shape index (κ3) is 0.920. The highest BCUT2D eigenvalue weighted by molar-refractivity contribution is 4.90. The maximum absolute atomic E-state index is 3.72. The number of hydrogen-bond donors (Lipinski definition) is 0. The van der Waals surface area contributed by atoms with E-state index in [1.807, 2.05) is 6.08 Å². The van der Waals surface area contributed by atoms with E-state index in [0.29, 0.717) is 0 Å². The van der Waals surface area contributed by atoms with Gasteiger partial charge in [0, 0.05) is 19.0 Å². The molecule has 0 aromatic carbocycles. The van der Waals surface area contributed by atoms with Gasteiger partial charge in [-0.15, -0.1) is 6.58 Å². The first-order chi connectivity index (χ1) is 3.86. The van der Waals surface area contributed by atoms with Crippen LogP contribution in [0.25, 0.3) is 0 Å². The van der Waals surface area contributed by atoms with E-state index in [-0.39, 0.29) is 0 Å². The minimum atomic E-state index is 0.787. The first kappa shape index (κ1) is 5.83. The largest absolute Gasteiger partial charge is 0.302 e. The fraction of sp³-hybridized carbons (Fsp3) is 0.714. The van der Waals surface area contributed by atoms with Crippen LogP contribution in [0.15, 0.2) is 12.7 Å². The van der Waals surface area contributed by atoms with Gasteiger partial charge in [0.15, 0.2) is 0 Å². The molecule has 1 rings (SSSR count). The van der Waals surface area contributed by atoms with Crippen LogP contribution < -0.4 is 0 Å². The van der Waals surface area contributed by atoms with Gasteiger partial charge >= 0.3 is 0 Å². The molecule has 1 nitrogen and oxygen atoms in total. The molecule has 46 valence electrons. The second kappa shape index (κ2) is 2.31. The van der Waals surface area contributed by atoms with Crippen LogP contribution in [0.5, 0.6) is 0 Å². The van der Waals surface area contributed by atoms with Gasteiger partial charge in [0.25, 0.3) is 0 Å². The minimum absolute atomic E-state index is 0.787. The van der Waals surface area contributed by atoms with Crippen molar-refractivity contribution in [1.82, 2.24) is 4.90 Å². The minimum Gasteiger partial charge on any atom is -0.302 e. The van der Waals surface area contributed by atoms with Crippen molar-refractivity contribution in [3.05, 3.63) is 12.7 Å². The van der Waals surface area contributed by atoms with Crippen LogP contribution in [0.2, 0.25) is 0 Å². The lowest BCUT2D eigenvalue weighted by Gasteiger charge is -2.36. The quantitative estimate of drug-likeness (QED) is 0.483. The fourth-order valence-electron chi connectivity index (χ4n) is 1.02. The zero-order valence-electron chi connectivity index (χ0n) is 5.43. The second-order valence-electron chi connectivity index (χ2n) is 2.35. The normalized spacial score (nSPS) is 22.6. The summed E-state index contributed by atoms with van der Waals surface area (Å²) in [4.78, 5) is 2.41. The zero-order valence-corrected chi connectivity index (χ0v) is 5.43. The van der Waals surface area contributed by atoms with Crippen LogP contribution in [-0.4, -0.2) is 24.5 Å². The molecule has 0 aromatic rings. The van der Waals surface area contributed by atoms with Gasteiger partial charge in [-0.25, -0.2) is 0 Å². The molecule has 0 saturated carbocycles. The standard InChI is InChI=1S/C7H13N/c1-3-7-5-8(4-2)6-7/h3,7H,1,4-6H2,2H3.